The van der Waals surface area contributed by atoms with Crippen LogP contribution >= 0.6 is 0 Å². The normalized spacial score (nSPS) is 20.1. The summed E-state index contributed by atoms with van der Waals surface area (Å²) in [5, 5.41) is 15.3. The van der Waals surface area contributed by atoms with Crippen LogP contribution in [0.5, 0.6) is 0 Å². The molecule has 0 radical (unpaired) electrons. The SMILES string of the molecule is CCO/C(O)=C1/C(=O)ON(C)C1NC(Cc1c[nH]c2ccccc12)C(=O)OC. The molecule has 0 aliphatic carbocycles. The zero-order chi connectivity index (χ0) is 20.3. The average Bonchev–Trinajstić information content (AvgIpc) is 3.21. The number of ether oxygens (including phenoxy) is 2. The monoisotopic (exact) mass is 389 g/mol. The van der Waals surface area contributed by atoms with E-state index in [-0.39, 0.29) is 12.2 Å². The summed E-state index contributed by atoms with van der Waals surface area (Å²) in [4.78, 5) is 32.7. The van der Waals surface area contributed by atoms with Crippen molar-refractivity contribution in [2.75, 3.05) is 20.8 Å². The van der Waals surface area contributed by atoms with Gasteiger partial charge in [0.1, 0.15) is 12.2 Å². The molecule has 1 saturated heterocycles. The van der Waals surface area contributed by atoms with E-state index < -0.39 is 30.1 Å². The maximum atomic E-state index is 12.4. The number of aliphatic hydroxyl groups is 1. The molecule has 3 rings (SSSR count). The van der Waals surface area contributed by atoms with E-state index in [2.05, 4.69) is 10.3 Å². The van der Waals surface area contributed by atoms with Gasteiger partial charge in [-0.3, -0.25) is 10.1 Å². The average molecular weight is 389 g/mol. The van der Waals surface area contributed by atoms with Crippen LogP contribution in [0.25, 0.3) is 10.9 Å². The molecule has 1 aromatic carbocycles. The zero-order valence-corrected chi connectivity index (χ0v) is 15.9. The topological polar surface area (TPSA) is 113 Å². The van der Waals surface area contributed by atoms with E-state index in [4.69, 9.17) is 14.3 Å². The van der Waals surface area contributed by atoms with Gasteiger partial charge in [-0.25, -0.2) is 4.79 Å². The molecule has 28 heavy (non-hydrogen) atoms. The molecule has 2 aromatic rings. The van der Waals surface area contributed by atoms with E-state index in [0.29, 0.717) is 6.42 Å². The number of nitrogens with zero attached hydrogens (tertiary/aromatic N) is 1. The highest BCUT2D eigenvalue weighted by atomic mass is 16.7. The predicted octanol–water partition coefficient (Wildman–Crippen LogP) is 1.38. The fraction of sp³-hybridized carbons (Fsp3) is 0.368. The van der Waals surface area contributed by atoms with Gasteiger partial charge in [-0.1, -0.05) is 18.2 Å². The molecule has 1 aliphatic heterocycles. The van der Waals surface area contributed by atoms with Crippen molar-refractivity contribution in [1.82, 2.24) is 15.4 Å². The lowest BCUT2D eigenvalue weighted by molar-refractivity contribution is -0.170. The lowest BCUT2D eigenvalue weighted by Gasteiger charge is -2.24. The van der Waals surface area contributed by atoms with Crippen molar-refractivity contribution in [3.8, 4) is 0 Å². The van der Waals surface area contributed by atoms with Gasteiger partial charge in [0, 0.05) is 30.6 Å². The van der Waals surface area contributed by atoms with Crippen LogP contribution in [0.15, 0.2) is 42.0 Å². The number of likely N-dealkylation sites (N-methyl/N-ethyl adjacent to an activating group) is 1. The second-order valence-corrected chi connectivity index (χ2v) is 6.29. The lowest BCUT2D eigenvalue weighted by atomic mass is 10.0. The molecule has 2 heterocycles. The minimum Gasteiger partial charge on any atom is -0.481 e. The standard InChI is InChI=1S/C19H23N3O6/c1-4-27-18(24)15-16(22(2)28-19(15)25)21-14(17(23)26-3)9-11-10-20-13-8-6-5-7-12(11)13/h5-8,10,14,16,20-21,24H,4,9H2,1-3H3/b18-15+. The largest absolute Gasteiger partial charge is 0.481 e. The van der Waals surface area contributed by atoms with Crippen LogP contribution in [-0.2, 0) is 30.3 Å². The summed E-state index contributed by atoms with van der Waals surface area (Å²) in [6.07, 6.45) is 1.25. The summed E-state index contributed by atoms with van der Waals surface area (Å²) in [7, 11) is 2.81. The third-order valence-corrected chi connectivity index (χ3v) is 4.54. The Balaban J connectivity index is 1.89. The molecule has 0 bridgehead atoms. The lowest BCUT2D eigenvalue weighted by Crippen LogP contribution is -2.50. The molecule has 9 heteroatoms. The quantitative estimate of drug-likeness (QED) is 0.370. The van der Waals surface area contributed by atoms with Crippen molar-refractivity contribution in [3.05, 3.63) is 47.5 Å². The number of hydrogen-bond acceptors (Lipinski definition) is 8. The predicted molar refractivity (Wildman–Crippen MR) is 99.9 cm³/mol. The first-order chi connectivity index (χ1) is 13.5. The highest BCUT2D eigenvalue weighted by Crippen LogP contribution is 2.24. The van der Waals surface area contributed by atoms with Gasteiger partial charge in [-0.15, -0.1) is 5.06 Å². The molecule has 1 fully saturated rings. The van der Waals surface area contributed by atoms with Crippen LogP contribution in [0, 0.1) is 0 Å². The van der Waals surface area contributed by atoms with Gasteiger partial charge in [0.05, 0.1) is 13.7 Å². The van der Waals surface area contributed by atoms with Crippen molar-refractivity contribution in [3.63, 3.8) is 0 Å². The summed E-state index contributed by atoms with van der Waals surface area (Å²) in [5.41, 5.74) is 1.76. The highest BCUT2D eigenvalue weighted by molar-refractivity contribution is 5.92. The number of methoxy groups -OCH3 is 1. The summed E-state index contributed by atoms with van der Waals surface area (Å²) in [6.45, 7) is 1.85. The molecule has 9 nitrogen and oxygen atoms in total. The summed E-state index contributed by atoms with van der Waals surface area (Å²) in [5.74, 6) is -1.79. The number of H-pyrrole nitrogens is 1. The summed E-state index contributed by atoms with van der Waals surface area (Å²) >= 11 is 0. The van der Waals surface area contributed by atoms with Crippen LogP contribution in [0.4, 0.5) is 0 Å². The Morgan fingerprint density at radius 2 is 2.18 bits per heavy atom. The fourth-order valence-electron chi connectivity index (χ4n) is 3.20. The number of hydroxylamine groups is 2. The number of rotatable bonds is 7. The Labute approximate surface area is 161 Å². The minimum atomic E-state index is -0.881. The Kier molecular flexibility index (Phi) is 5.86. The number of aliphatic hydroxyl groups excluding tert-OH is 1. The first-order valence-corrected chi connectivity index (χ1v) is 8.86. The van der Waals surface area contributed by atoms with Crippen LogP contribution in [0.3, 0.4) is 0 Å². The number of aromatic nitrogens is 1. The number of carbonyl (C=O) groups excluding carboxylic acids is 2. The van der Waals surface area contributed by atoms with Gasteiger partial charge < -0.3 is 24.4 Å². The Morgan fingerprint density at radius 1 is 1.43 bits per heavy atom. The van der Waals surface area contributed by atoms with E-state index in [1.807, 2.05) is 30.5 Å². The number of nitrogens with one attached hydrogen (secondary N) is 2. The Bertz CT molecular complexity index is 906. The van der Waals surface area contributed by atoms with Gasteiger partial charge in [0.25, 0.3) is 5.95 Å². The molecule has 0 spiro atoms. The van der Waals surface area contributed by atoms with Crippen LogP contribution in [0.2, 0.25) is 0 Å². The van der Waals surface area contributed by atoms with Crippen molar-refractivity contribution < 1.29 is 29.0 Å². The maximum Gasteiger partial charge on any atom is 0.363 e. The highest BCUT2D eigenvalue weighted by Gasteiger charge is 2.42. The number of aromatic amines is 1. The number of hydrogen-bond donors (Lipinski definition) is 3. The second kappa shape index (κ2) is 8.32. The van der Waals surface area contributed by atoms with Crippen LogP contribution in [-0.4, -0.2) is 60.1 Å². The van der Waals surface area contributed by atoms with Gasteiger partial charge in [-0.05, 0) is 18.6 Å². The number of para-hydroxylation sites is 1. The fourth-order valence-corrected chi connectivity index (χ4v) is 3.20. The zero-order valence-electron chi connectivity index (χ0n) is 15.9. The molecular weight excluding hydrogens is 366 g/mol. The molecule has 0 saturated carbocycles. The molecule has 1 aromatic heterocycles. The Hall–Kier alpha value is -3.04. The molecule has 0 amide bonds. The smallest absolute Gasteiger partial charge is 0.363 e. The maximum absolute atomic E-state index is 12.4. The third kappa shape index (κ3) is 3.80. The molecule has 2 unspecified atom stereocenters. The van der Waals surface area contributed by atoms with Gasteiger partial charge in [0.2, 0.25) is 0 Å². The van der Waals surface area contributed by atoms with E-state index >= 15 is 0 Å². The molecular formula is C19H23N3O6. The van der Waals surface area contributed by atoms with E-state index in [9.17, 15) is 14.7 Å². The molecule has 2 atom stereocenters. The number of carbonyl (C=O) groups is 2. The van der Waals surface area contributed by atoms with E-state index in [0.717, 1.165) is 16.5 Å². The van der Waals surface area contributed by atoms with Crippen LogP contribution in [0.1, 0.15) is 12.5 Å². The molecule has 1 aliphatic rings. The van der Waals surface area contributed by atoms with Crippen molar-refractivity contribution >= 4 is 22.8 Å². The molecule has 3 N–H and O–H groups in total. The van der Waals surface area contributed by atoms with Crippen molar-refractivity contribution in [2.45, 2.75) is 25.6 Å². The number of benzene rings is 1. The van der Waals surface area contributed by atoms with Crippen molar-refractivity contribution in [1.29, 1.82) is 0 Å². The van der Waals surface area contributed by atoms with Crippen LogP contribution < -0.4 is 5.32 Å². The Morgan fingerprint density at radius 3 is 2.89 bits per heavy atom. The van der Waals surface area contributed by atoms with Gasteiger partial charge in [0.15, 0.2) is 5.57 Å². The van der Waals surface area contributed by atoms with Gasteiger partial charge in [-0.2, -0.15) is 0 Å². The summed E-state index contributed by atoms with van der Waals surface area (Å²) < 4.78 is 9.98. The van der Waals surface area contributed by atoms with Crippen molar-refractivity contribution in [2.24, 2.45) is 0 Å². The third-order valence-electron chi connectivity index (χ3n) is 4.54. The second-order valence-electron chi connectivity index (χ2n) is 6.29. The van der Waals surface area contributed by atoms with E-state index in [1.165, 1.54) is 19.2 Å². The van der Waals surface area contributed by atoms with E-state index in [1.54, 1.807) is 6.92 Å². The first kappa shape index (κ1) is 19.7. The summed E-state index contributed by atoms with van der Waals surface area (Å²) in [6, 6.07) is 6.94. The number of esters is 1. The molecule has 150 valence electrons. The first-order valence-electron chi connectivity index (χ1n) is 8.86. The number of fused-ring (bicyclic) bond motifs is 1. The van der Waals surface area contributed by atoms with Gasteiger partial charge >= 0.3 is 11.9 Å². The minimum absolute atomic E-state index is 0.0998.